The maximum absolute atomic E-state index is 12.0. The van der Waals surface area contributed by atoms with Crippen molar-refractivity contribution >= 4 is 30.1 Å². The number of thioether (sulfide) groups is 1. The highest BCUT2D eigenvalue weighted by atomic mass is 32.2. The summed E-state index contributed by atoms with van der Waals surface area (Å²) in [6.07, 6.45) is 1.56. The van der Waals surface area contributed by atoms with Gasteiger partial charge >= 0.3 is 6.98 Å². The molecule has 1 nitrogen and oxygen atoms in total. The van der Waals surface area contributed by atoms with Gasteiger partial charge in [0, 0.05) is 11.6 Å². The molecule has 0 spiro atoms. The van der Waals surface area contributed by atoms with E-state index in [9.17, 15) is 12.9 Å². The molecule has 0 aromatic carbocycles. The number of aromatic nitrogens is 1. The zero-order chi connectivity index (χ0) is 9.90. The van der Waals surface area contributed by atoms with Gasteiger partial charge < -0.3 is 12.9 Å². The highest BCUT2D eigenvalue weighted by molar-refractivity contribution is 8.01. The van der Waals surface area contributed by atoms with Crippen LogP contribution in [0.15, 0.2) is 28.0 Å². The smallest absolute Gasteiger partial charge is 0.445 e. The largest absolute Gasteiger partial charge is 0.505 e. The molecule has 0 aliphatic rings. The molecular weight excluding hydrogens is 218 g/mol. The molecule has 7 heteroatoms. The summed E-state index contributed by atoms with van der Waals surface area (Å²) in [5.74, 6) is -0.128. The van der Waals surface area contributed by atoms with Crippen LogP contribution in [0.2, 0.25) is 0 Å². The Hall–Kier alpha value is -0.425. The standard InChI is InChI=1S/C6H6BF3NS2/c1-5(7(8,9)10)4-13-6-11-2-3-12-6/h2-3H,1,4H2/q-1. The van der Waals surface area contributed by atoms with Gasteiger partial charge in [-0.05, 0) is 5.75 Å². The lowest BCUT2D eigenvalue weighted by molar-refractivity contribution is 0.491. The molecule has 0 radical (unpaired) electrons. The molecule has 1 aromatic heterocycles. The molecular formula is C6H6BF3NS2-. The van der Waals surface area contributed by atoms with E-state index in [4.69, 9.17) is 0 Å². The Morgan fingerprint density at radius 1 is 1.62 bits per heavy atom. The van der Waals surface area contributed by atoms with Gasteiger partial charge in [-0.1, -0.05) is 11.8 Å². The summed E-state index contributed by atoms with van der Waals surface area (Å²) in [7, 11) is 0. The minimum atomic E-state index is -4.89. The van der Waals surface area contributed by atoms with Crippen LogP contribution < -0.4 is 0 Å². The molecule has 1 rings (SSSR count). The van der Waals surface area contributed by atoms with Crippen LogP contribution in [-0.4, -0.2) is 17.7 Å². The molecule has 0 unspecified atom stereocenters. The summed E-state index contributed by atoms with van der Waals surface area (Å²) >= 11 is 2.39. The van der Waals surface area contributed by atoms with E-state index in [1.54, 1.807) is 11.6 Å². The van der Waals surface area contributed by atoms with Crippen molar-refractivity contribution in [3.63, 3.8) is 0 Å². The van der Waals surface area contributed by atoms with Crippen molar-refractivity contribution in [2.75, 3.05) is 5.75 Å². The first-order valence-electron chi connectivity index (χ1n) is 3.40. The van der Waals surface area contributed by atoms with E-state index >= 15 is 0 Å². The Morgan fingerprint density at radius 3 is 2.77 bits per heavy atom. The summed E-state index contributed by atoms with van der Waals surface area (Å²) in [6.45, 7) is -1.91. The van der Waals surface area contributed by atoms with Crippen LogP contribution in [0.25, 0.3) is 0 Å². The summed E-state index contributed by atoms with van der Waals surface area (Å²) in [4.78, 5) is 3.85. The second-order valence-corrected chi connectivity index (χ2v) is 4.44. The summed E-state index contributed by atoms with van der Waals surface area (Å²) in [5, 5.41) is 1.73. The first-order valence-corrected chi connectivity index (χ1v) is 5.26. The monoisotopic (exact) mass is 224 g/mol. The highest BCUT2D eigenvalue weighted by Gasteiger charge is 2.26. The quantitative estimate of drug-likeness (QED) is 0.575. The Bertz CT molecular complexity index is 283. The highest BCUT2D eigenvalue weighted by Crippen LogP contribution is 2.27. The van der Waals surface area contributed by atoms with Crippen molar-refractivity contribution in [1.82, 2.24) is 4.98 Å². The average Bonchev–Trinajstić information content (AvgIpc) is 2.50. The van der Waals surface area contributed by atoms with E-state index in [-0.39, 0.29) is 5.75 Å². The van der Waals surface area contributed by atoms with Crippen LogP contribution >= 0.6 is 23.1 Å². The molecule has 0 aliphatic carbocycles. The number of rotatable bonds is 4. The molecule has 0 bridgehead atoms. The van der Waals surface area contributed by atoms with E-state index in [0.29, 0.717) is 4.34 Å². The molecule has 0 saturated carbocycles. The first kappa shape index (κ1) is 10.7. The van der Waals surface area contributed by atoms with Crippen molar-refractivity contribution in [3.05, 3.63) is 23.6 Å². The normalized spacial score (nSPS) is 11.6. The zero-order valence-electron chi connectivity index (χ0n) is 6.54. The zero-order valence-corrected chi connectivity index (χ0v) is 8.18. The minimum absolute atomic E-state index is 0.128. The number of halogens is 3. The lowest BCUT2D eigenvalue weighted by Crippen LogP contribution is -2.20. The van der Waals surface area contributed by atoms with Crippen LogP contribution in [0, 0.1) is 0 Å². The van der Waals surface area contributed by atoms with Gasteiger partial charge in [0.15, 0.2) is 0 Å². The summed E-state index contributed by atoms with van der Waals surface area (Å²) < 4.78 is 36.7. The average molecular weight is 224 g/mol. The SMILES string of the molecule is C=C(CSc1nccs1)[B-](F)(F)F. The number of nitrogens with zero attached hydrogens (tertiary/aromatic N) is 1. The Balaban J connectivity index is 2.40. The van der Waals surface area contributed by atoms with Crippen LogP contribution in [-0.2, 0) is 0 Å². The van der Waals surface area contributed by atoms with E-state index in [2.05, 4.69) is 11.6 Å². The van der Waals surface area contributed by atoms with Crippen molar-refractivity contribution in [2.24, 2.45) is 0 Å². The lowest BCUT2D eigenvalue weighted by Gasteiger charge is -2.16. The molecule has 0 aliphatic heterocycles. The first-order chi connectivity index (χ1) is 6.00. The fraction of sp³-hybridized carbons (Fsp3) is 0.167. The third kappa shape index (κ3) is 3.44. The van der Waals surface area contributed by atoms with E-state index in [0.717, 1.165) is 11.8 Å². The van der Waals surface area contributed by atoms with Crippen molar-refractivity contribution in [3.8, 4) is 0 Å². The van der Waals surface area contributed by atoms with Crippen LogP contribution in [0.3, 0.4) is 0 Å². The summed E-state index contributed by atoms with van der Waals surface area (Å²) in [6, 6.07) is 0. The van der Waals surface area contributed by atoms with Crippen LogP contribution in [0.1, 0.15) is 0 Å². The minimum Gasteiger partial charge on any atom is -0.445 e. The van der Waals surface area contributed by atoms with Gasteiger partial charge in [-0.25, -0.2) is 4.98 Å². The molecule has 0 amide bonds. The van der Waals surface area contributed by atoms with Gasteiger partial charge in [0.1, 0.15) is 4.34 Å². The Labute approximate surface area is 82.1 Å². The fourth-order valence-corrected chi connectivity index (χ4v) is 2.14. The van der Waals surface area contributed by atoms with Crippen molar-refractivity contribution < 1.29 is 12.9 Å². The second kappa shape index (κ2) is 4.19. The van der Waals surface area contributed by atoms with Gasteiger partial charge in [0.2, 0.25) is 0 Å². The van der Waals surface area contributed by atoms with Gasteiger partial charge in [-0.3, -0.25) is 0 Å². The molecule has 0 N–H and O–H groups in total. The molecule has 1 heterocycles. The van der Waals surface area contributed by atoms with E-state index in [1.165, 1.54) is 11.3 Å². The fourth-order valence-electron chi connectivity index (χ4n) is 0.531. The third-order valence-electron chi connectivity index (χ3n) is 1.25. The van der Waals surface area contributed by atoms with Gasteiger partial charge in [-0.15, -0.1) is 23.4 Å². The maximum atomic E-state index is 12.0. The summed E-state index contributed by atoms with van der Waals surface area (Å²) in [5.41, 5.74) is -0.666. The van der Waals surface area contributed by atoms with Crippen molar-refractivity contribution in [1.29, 1.82) is 0 Å². The maximum Gasteiger partial charge on any atom is 0.505 e. The Morgan fingerprint density at radius 2 is 2.31 bits per heavy atom. The molecule has 0 atom stereocenters. The second-order valence-electron chi connectivity index (χ2n) is 2.32. The van der Waals surface area contributed by atoms with E-state index in [1.807, 2.05) is 0 Å². The van der Waals surface area contributed by atoms with Gasteiger partial charge in [-0.2, -0.15) is 0 Å². The number of hydrogen-bond donors (Lipinski definition) is 0. The van der Waals surface area contributed by atoms with Crippen molar-refractivity contribution in [2.45, 2.75) is 4.34 Å². The topological polar surface area (TPSA) is 12.9 Å². The van der Waals surface area contributed by atoms with Crippen LogP contribution in [0.5, 0.6) is 0 Å². The van der Waals surface area contributed by atoms with E-state index < -0.39 is 12.4 Å². The molecule has 0 fully saturated rings. The van der Waals surface area contributed by atoms with Gasteiger partial charge in [0.25, 0.3) is 0 Å². The molecule has 1 aromatic rings. The molecule has 72 valence electrons. The third-order valence-corrected chi connectivity index (χ3v) is 3.33. The number of thiazole rings is 1. The molecule has 13 heavy (non-hydrogen) atoms. The number of hydrogen-bond acceptors (Lipinski definition) is 3. The predicted molar refractivity (Wildman–Crippen MR) is 51.1 cm³/mol. The Kier molecular flexibility index (Phi) is 3.43. The predicted octanol–water partition coefficient (Wildman–Crippen LogP) is 3.18. The van der Waals surface area contributed by atoms with Gasteiger partial charge in [0.05, 0.1) is 0 Å². The molecule has 0 saturated heterocycles. The lowest BCUT2D eigenvalue weighted by atomic mass is 9.82. The van der Waals surface area contributed by atoms with Crippen LogP contribution in [0.4, 0.5) is 12.9 Å².